The van der Waals surface area contributed by atoms with Gasteiger partial charge in [-0.2, -0.15) is 0 Å². The second-order valence-electron chi connectivity index (χ2n) is 2.76. The van der Waals surface area contributed by atoms with E-state index < -0.39 is 5.91 Å². The maximum absolute atomic E-state index is 11.3. The first-order valence-corrected chi connectivity index (χ1v) is 4.23. The number of nitrogens with one attached hydrogen (secondary N) is 1. The van der Waals surface area contributed by atoms with E-state index in [-0.39, 0.29) is 12.6 Å². The van der Waals surface area contributed by atoms with Crippen LogP contribution in [0.4, 0.5) is 4.79 Å². The largest absolute Gasteiger partial charge is 0.378 e. The van der Waals surface area contributed by atoms with Crippen molar-refractivity contribution in [1.82, 2.24) is 10.4 Å². The number of ether oxygens (including phenoxy) is 1. The van der Waals surface area contributed by atoms with Gasteiger partial charge in [-0.3, -0.25) is 9.63 Å². The molecule has 0 radical (unpaired) electrons. The molecule has 0 aromatic heterocycles. The van der Waals surface area contributed by atoms with Crippen LogP contribution < -0.4 is 11.2 Å². The summed E-state index contributed by atoms with van der Waals surface area (Å²) in [5.41, 5.74) is 6.92. The van der Waals surface area contributed by atoms with Crippen LogP contribution in [-0.2, 0) is 14.4 Å². The van der Waals surface area contributed by atoms with Crippen molar-refractivity contribution >= 4 is 11.9 Å². The van der Waals surface area contributed by atoms with E-state index >= 15 is 0 Å². The summed E-state index contributed by atoms with van der Waals surface area (Å²) in [5, 5.41) is 0. The molecule has 1 aliphatic rings. The Hall–Kier alpha value is -1.34. The minimum absolute atomic E-state index is 0.323. The van der Waals surface area contributed by atoms with Gasteiger partial charge in [0.05, 0.1) is 13.2 Å². The second-order valence-corrected chi connectivity index (χ2v) is 2.76. The molecule has 0 atom stereocenters. The van der Waals surface area contributed by atoms with Gasteiger partial charge in [0.2, 0.25) is 5.91 Å². The summed E-state index contributed by atoms with van der Waals surface area (Å²) < 4.78 is 5.06. The van der Waals surface area contributed by atoms with E-state index in [1.54, 1.807) is 0 Å². The highest BCUT2D eigenvalue weighted by Gasteiger charge is 2.16. The van der Waals surface area contributed by atoms with Gasteiger partial charge in [-0.05, 0) is 0 Å². The third-order valence-electron chi connectivity index (χ3n) is 1.67. The summed E-state index contributed by atoms with van der Waals surface area (Å²) >= 11 is 0. The van der Waals surface area contributed by atoms with E-state index in [0.717, 1.165) is 0 Å². The number of hydrogen-bond acceptors (Lipinski definition) is 4. The highest BCUT2D eigenvalue weighted by molar-refractivity contribution is 5.76. The lowest BCUT2D eigenvalue weighted by Gasteiger charge is -2.26. The highest BCUT2D eigenvalue weighted by atomic mass is 16.7. The molecule has 0 aliphatic carbocycles. The SMILES string of the molecule is NC(=O)CONC(=O)N1CCOCC1. The normalized spacial score (nSPS) is 16.4. The Bertz CT molecular complexity index is 215. The molecule has 0 spiro atoms. The fourth-order valence-corrected chi connectivity index (χ4v) is 1.000. The average molecular weight is 203 g/mol. The molecule has 1 fully saturated rings. The van der Waals surface area contributed by atoms with Crippen molar-refractivity contribution in [2.75, 3.05) is 32.9 Å². The zero-order valence-corrected chi connectivity index (χ0v) is 7.69. The predicted molar refractivity (Wildman–Crippen MR) is 46.1 cm³/mol. The van der Waals surface area contributed by atoms with Crippen molar-refractivity contribution in [3.63, 3.8) is 0 Å². The van der Waals surface area contributed by atoms with Gasteiger partial charge >= 0.3 is 6.03 Å². The Kier molecular flexibility index (Phi) is 4.14. The molecule has 1 rings (SSSR count). The van der Waals surface area contributed by atoms with Gasteiger partial charge in [-0.15, -0.1) is 0 Å². The van der Waals surface area contributed by atoms with Gasteiger partial charge in [-0.1, -0.05) is 0 Å². The lowest BCUT2D eigenvalue weighted by atomic mass is 10.4. The number of nitrogens with zero attached hydrogens (tertiary/aromatic N) is 1. The zero-order chi connectivity index (χ0) is 10.4. The molecule has 80 valence electrons. The Morgan fingerprint density at radius 1 is 1.43 bits per heavy atom. The topological polar surface area (TPSA) is 93.9 Å². The van der Waals surface area contributed by atoms with Crippen LogP contribution in [0.25, 0.3) is 0 Å². The lowest BCUT2D eigenvalue weighted by Crippen LogP contribution is -2.46. The number of hydrogen-bond donors (Lipinski definition) is 2. The summed E-state index contributed by atoms with van der Waals surface area (Å²) in [6.07, 6.45) is 0. The van der Waals surface area contributed by atoms with Crippen LogP contribution in [0.2, 0.25) is 0 Å². The van der Waals surface area contributed by atoms with E-state index in [1.165, 1.54) is 4.90 Å². The van der Waals surface area contributed by atoms with Gasteiger partial charge < -0.3 is 15.4 Å². The third-order valence-corrected chi connectivity index (χ3v) is 1.67. The molecule has 1 heterocycles. The number of hydroxylamine groups is 1. The van der Waals surface area contributed by atoms with E-state index in [4.69, 9.17) is 10.5 Å². The van der Waals surface area contributed by atoms with Gasteiger partial charge in [0.15, 0.2) is 6.61 Å². The number of nitrogens with two attached hydrogens (primary N) is 1. The number of carbonyl (C=O) groups excluding carboxylic acids is 2. The van der Waals surface area contributed by atoms with E-state index in [0.29, 0.717) is 26.3 Å². The van der Waals surface area contributed by atoms with Crippen LogP contribution in [0.5, 0.6) is 0 Å². The fraction of sp³-hybridized carbons (Fsp3) is 0.714. The Morgan fingerprint density at radius 2 is 2.07 bits per heavy atom. The van der Waals surface area contributed by atoms with E-state index in [2.05, 4.69) is 10.3 Å². The molecule has 3 amide bonds. The molecule has 0 bridgehead atoms. The van der Waals surface area contributed by atoms with Crippen molar-refractivity contribution in [1.29, 1.82) is 0 Å². The highest BCUT2D eigenvalue weighted by Crippen LogP contribution is 1.96. The second kappa shape index (κ2) is 5.40. The van der Waals surface area contributed by atoms with Crippen LogP contribution in [-0.4, -0.2) is 49.7 Å². The molecule has 1 aliphatic heterocycles. The predicted octanol–water partition coefficient (Wildman–Crippen LogP) is -1.55. The fourth-order valence-electron chi connectivity index (χ4n) is 1.000. The number of primary amides is 1. The number of amides is 3. The summed E-state index contributed by atoms with van der Waals surface area (Å²) in [7, 11) is 0. The molecule has 14 heavy (non-hydrogen) atoms. The van der Waals surface area contributed by atoms with Crippen molar-refractivity contribution in [3.05, 3.63) is 0 Å². The minimum atomic E-state index is -0.632. The molecule has 0 saturated carbocycles. The first-order valence-electron chi connectivity index (χ1n) is 4.23. The number of carbonyl (C=O) groups is 2. The summed E-state index contributed by atoms with van der Waals surface area (Å²) in [6, 6.07) is -0.380. The van der Waals surface area contributed by atoms with Crippen molar-refractivity contribution < 1.29 is 19.2 Å². The zero-order valence-electron chi connectivity index (χ0n) is 7.69. The molecule has 1 saturated heterocycles. The molecule has 0 unspecified atom stereocenters. The smallest absolute Gasteiger partial charge is 0.341 e. The van der Waals surface area contributed by atoms with Crippen LogP contribution in [0, 0.1) is 0 Å². The van der Waals surface area contributed by atoms with Crippen molar-refractivity contribution in [3.8, 4) is 0 Å². The Morgan fingerprint density at radius 3 is 2.64 bits per heavy atom. The maximum atomic E-state index is 11.3. The van der Waals surface area contributed by atoms with Crippen LogP contribution in [0.1, 0.15) is 0 Å². The quantitative estimate of drug-likeness (QED) is 0.543. The van der Waals surface area contributed by atoms with Crippen molar-refractivity contribution in [2.24, 2.45) is 5.73 Å². The van der Waals surface area contributed by atoms with Crippen LogP contribution in [0.3, 0.4) is 0 Å². The minimum Gasteiger partial charge on any atom is -0.378 e. The number of rotatable bonds is 3. The third kappa shape index (κ3) is 3.58. The summed E-state index contributed by atoms with van der Waals surface area (Å²) in [4.78, 5) is 27.6. The van der Waals surface area contributed by atoms with Crippen LogP contribution in [0.15, 0.2) is 0 Å². The van der Waals surface area contributed by atoms with Gasteiger partial charge in [0.25, 0.3) is 0 Å². The Labute approximate surface area is 81.1 Å². The summed E-state index contributed by atoms with van der Waals surface area (Å²) in [5.74, 6) is -0.632. The van der Waals surface area contributed by atoms with Crippen molar-refractivity contribution in [2.45, 2.75) is 0 Å². The maximum Gasteiger partial charge on any atom is 0.341 e. The van der Waals surface area contributed by atoms with E-state index in [9.17, 15) is 9.59 Å². The van der Waals surface area contributed by atoms with Gasteiger partial charge in [-0.25, -0.2) is 10.3 Å². The molecule has 0 aromatic rings. The molecular weight excluding hydrogens is 190 g/mol. The van der Waals surface area contributed by atoms with Crippen LogP contribution >= 0.6 is 0 Å². The average Bonchev–Trinajstić information content (AvgIpc) is 2.18. The number of urea groups is 1. The van der Waals surface area contributed by atoms with Gasteiger partial charge in [0.1, 0.15) is 0 Å². The first-order chi connectivity index (χ1) is 6.70. The van der Waals surface area contributed by atoms with Gasteiger partial charge in [0, 0.05) is 13.1 Å². The monoisotopic (exact) mass is 203 g/mol. The molecule has 7 heteroatoms. The summed E-state index contributed by atoms with van der Waals surface area (Å²) in [6.45, 7) is 1.75. The molecule has 7 nitrogen and oxygen atoms in total. The molecule has 3 N–H and O–H groups in total. The molecular formula is C7H13N3O4. The number of morpholine rings is 1. The lowest BCUT2D eigenvalue weighted by molar-refractivity contribution is -0.124. The Balaban J connectivity index is 2.16. The molecule has 0 aromatic carbocycles. The first kappa shape index (κ1) is 10.7. The van der Waals surface area contributed by atoms with E-state index in [1.807, 2.05) is 0 Å². The standard InChI is InChI=1S/C7H13N3O4/c8-6(11)5-14-9-7(12)10-1-3-13-4-2-10/h1-5H2,(H2,8,11)(H,9,12).